The van der Waals surface area contributed by atoms with Crippen molar-refractivity contribution in [3.63, 3.8) is 0 Å². The molecule has 0 amide bonds. The predicted molar refractivity (Wildman–Crippen MR) is 61.6 cm³/mol. The van der Waals surface area contributed by atoms with Gasteiger partial charge in [0.1, 0.15) is 0 Å². The topological polar surface area (TPSA) is 95.2 Å². The van der Waals surface area contributed by atoms with Crippen LogP contribution in [0.3, 0.4) is 0 Å². The maximum Gasteiger partial charge on any atom is 0.0656 e. The first-order chi connectivity index (χ1) is 8.07. The van der Waals surface area contributed by atoms with Crippen molar-refractivity contribution < 1.29 is 0 Å². The first kappa shape index (κ1) is 15.0. The molecule has 0 saturated heterocycles. The molecule has 0 radical (unpaired) electrons. The van der Waals surface area contributed by atoms with Gasteiger partial charge in [0.05, 0.1) is 24.3 Å². The number of nitriles is 4. The maximum atomic E-state index is 8.97. The molecule has 88 valence electrons. The van der Waals surface area contributed by atoms with Crippen LogP contribution in [0.5, 0.6) is 0 Å². The molecule has 4 unspecified atom stereocenters. The second-order valence-corrected chi connectivity index (χ2v) is 4.42. The van der Waals surface area contributed by atoms with Crippen LogP contribution in [0.1, 0.15) is 33.1 Å². The third-order valence-corrected chi connectivity index (χ3v) is 2.65. The third-order valence-electron chi connectivity index (χ3n) is 2.65. The highest BCUT2D eigenvalue weighted by Gasteiger charge is 2.20. The molecule has 0 aliphatic carbocycles. The van der Waals surface area contributed by atoms with E-state index in [0.717, 1.165) is 0 Å². The quantitative estimate of drug-likeness (QED) is 0.698. The van der Waals surface area contributed by atoms with Gasteiger partial charge in [-0.1, -0.05) is 0 Å². The van der Waals surface area contributed by atoms with E-state index in [-0.39, 0.29) is 23.7 Å². The van der Waals surface area contributed by atoms with Crippen molar-refractivity contribution in [3.8, 4) is 24.3 Å². The molecule has 0 rings (SSSR count). The summed E-state index contributed by atoms with van der Waals surface area (Å²) in [5.41, 5.74) is 0. The van der Waals surface area contributed by atoms with E-state index in [1.807, 2.05) is 0 Å². The highest BCUT2D eigenvalue weighted by atomic mass is 14.3. The van der Waals surface area contributed by atoms with Gasteiger partial charge < -0.3 is 0 Å². The normalized spacial score (nSPS) is 16.4. The molecule has 0 bridgehead atoms. The van der Waals surface area contributed by atoms with Gasteiger partial charge in [-0.2, -0.15) is 21.0 Å². The molecule has 0 aromatic heterocycles. The lowest BCUT2D eigenvalue weighted by Gasteiger charge is -2.15. The Bertz CT molecular complexity index is 350. The summed E-state index contributed by atoms with van der Waals surface area (Å²) in [7, 11) is 0. The first-order valence-electron chi connectivity index (χ1n) is 5.65. The summed E-state index contributed by atoms with van der Waals surface area (Å²) < 4.78 is 0. The molecule has 0 N–H and O–H groups in total. The van der Waals surface area contributed by atoms with Crippen LogP contribution in [0.25, 0.3) is 0 Å². The number of rotatable bonds is 6. The van der Waals surface area contributed by atoms with Gasteiger partial charge in [0.25, 0.3) is 0 Å². The van der Waals surface area contributed by atoms with E-state index in [4.69, 9.17) is 21.0 Å². The second kappa shape index (κ2) is 8.15. The zero-order valence-electron chi connectivity index (χ0n) is 10.2. The Balaban J connectivity index is 4.36. The third kappa shape index (κ3) is 6.19. The first-order valence-corrected chi connectivity index (χ1v) is 5.65. The number of hydrogen-bond donors (Lipinski definition) is 0. The second-order valence-electron chi connectivity index (χ2n) is 4.42. The van der Waals surface area contributed by atoms with Gasteiger partial charge in [0, 0.05) is 23.7 Å². The molecular weight excluding hydrogens is 212 g/mol. The fourth-order valence-corrected chi connectivity index (χ4v) is 1.71. The van der Waals surface area contributed by atoms with Crippen LogP contribution in [-0.2, 0) is 0 Å². The molecule has 4 atom stereocenters. The summed E-state index contributed by atoms with van der Waals surface area (Å²) in [6, 6.07) is 8.45. The Labute approximate surface area is 103 Å². The standard InChI is InChI=1S/C13H16N4/c1-10(6-14)3-12(8-16)5-13(9-17)4-11(2)7-15/h10-13H,3-5H2,1-2H3. The van der Waals surface area contributed by atoms with E-state index in [1.165, 1.54) is 0 Å². The van der Waals surface area contributed by atoms with Crippen molar-refractivity contribution in [2.45, 2.75) is 33.1 Å². The minimum atomic E-state index is -0.278. The molecule has 4 heteroatoms. The van der Waals surface area contributed by atoms with Gasteiger partial charge in [-0.3, -0.25) is 0 Å². The maximum absolute atomic E-state index is 8.97. The van der Waals surface area contributed by atoms with E-state index >= 15 is 0 Å². The Morgan fingerprint density at radius 1 is 0.647 bits per heavy atom. The zero-order chi connectivity index (χ0) is 13.3. The summed E-state index contributed by atoms with van der Waals surface area (Å²) >= 11 is 0. The van der Waals surface area contributed by atoms with Crippen molar-refractivity contribution in [2.24, 2.45) is 23.7 Å². The molecule has 0 heterocycles. The minimum Gasteiger partial charge on any atom is -0.198 e. The summed E-state index contributed by atoms with van der Waals surface area (Å²) in [5.74, 6) is -0.903. The lowest BCUT2D eigenvalue weighted by atomic mass is 9.85. The summed E-state index contributed by atoms with van der Waals surface area (Å²) in [4.78, 5) is 0. The Morgan fingerprint density at radius 3 is 1.24 bits per heavy atom. The Kier molecular flexibility index (Phi) is 7.17. The average molecular weight is 228 g/mol. The highest BCUT2D eigenvalue weighted by molar-refractivity contribution is 4.96. The van der Waals surface area contributed by atoms with E-state index in [2.05, 4.69) is 24.3 Å². The molecule has 0 aliphatic heterocycles. The average Bonchev–Trinajstić information content (AvgIpc) is 2.36. The van der Waals surface area contributed by atoms with Gasteiger partial charge >= 0.3 is 0 Å². The van der Waals surface area contributed by atoms with Crippen molar-refractivity contribution >= 4 is 0 Å². The summed E-state index contributed by atoms with van der Waals surface area (Å²) in [6.45, 7) is 3.53. The largest absolute Gasteiger partial charge is 0.198 e. The lowest BCUT2D eigenvalue weighted by molar-refractivity contribution is 0.403. The van der Waals surface area contributed by atoms with Crippen LogP contribution in [-0.4, -0.2) is 0 Å². The Hall–Kier alpha value is -2.04. The van der Waals surface area contributed by atoms with Crippen molar-refractivity contribution in [3.05, 3.63) is 0 Å². The van der Waals surface area contributed by atoms with Crippen LogP contribution in [0.15, 0.2) is 0 Å². The Morgan fingerprint density at radius 2 is 1.00 bits per heavy atom. The van der Waals surface area contributed by atoms with Crippen molar-refractivity contribution in [1.82, 2.24) is 0 Å². The molecule has 0 aliphatic rings. The van der Waals surface area contributed by atoms with Crippen LogP contribution < -0.4 is 0 Å². The smallest absolute Gasteiger partial charge is 0.0656 e. The van der Waals surface area contributed by atoms with E-state index < -0.39 is 0 Å². The summed E-state index contributed by atoms with van der Waals surface area (Å²) in [5, 5.41) is 35.3. The fraction of sp³-hybridized carbons (Fsp3) is 0.692. The minimum absolute atomic E-state index is 0.174. The molecule has 0 spiro atoms. The van der Waals surface area contributed by atoms with Crippen LogP contribution in [0, 0.1) is 69.0 Å². The van der Waals surface area contributed by atoms with Gasteiger partial charge in [0.2, 0.25) is 0 Å². The molecule has 0 aromatic carbocycles. The van der Waals surface area contributed by atoms with E-state index in [0.29, 0.717) is 19.3 Å². The molecule has 0 aromatic rings. The molecule has 0 saturated carbocycles. The number of hydrogen-bond acceptors (Lipinski definition) is 4. The van der Waals surface area contributed by atoms with Crippen molar-refractivity contribution in [1.29, 1.82) is 21.0 Å². The highest BCUT2D eigenvalue weighted by Crippen LogP contribution is 2.23. The molecular formula is C13H16N4. The lowest BCUT2D eigenvalue weighted by Crippen LogP contribution is -2.11. The van der Waals surface area contributed by atoms with Crippen LogP contribution in [0.2, 0.25) is 0 Å². The van der Waals surface area contributed by atoms with Gasteiger partial charge in [-0.15, -0.1) is 0 Å². The van der Waals surface area contributed by atoms with E-state index in [1.54, 1.807) is 13.8 Å². The van der Waals surface area contributed by atoms with Gasteiger partial charge in [-0.25, -0.2) is 0 Å². The van der Waals surface area contributed by atoms with Gasteiger partial charge in [0.15, 0.2) is 0 Å². The van der Waals surface area contributed by atoms with Gasteiger partial charge in [-0.05, 0) is 33.1 Å². The van der Waals surface area contributed by atoms with E-state index in [9.17, 15) is 0 Å². The van der Waals surface area contributed by atoms with Crippen LogP contribution >= 0.6 is 0 Å². The summed E-state index contributed by atoms with van der Waals surface area (Å²) in [6.07, 6.45) is 1.43. The predicted octanol–water partition coefficient (Wildman–Crippen LogP) is 2.76. The monoisotopic (exact) mass is 228 g/mol. The molecule has 4 nitrogen and oxygen atoms in total. The molecule has 17 heavy (non-hydrogen) atoms. The fourth-order valence-electron chi connectivity index (χ4n) is 1.71. The SMILES string of the molecule is CC(C#N)CC(C#N)CC(C#N)CC(C)C#N. The van der Waals surface area contributed by atoms with Crippen molar-refractivity contribution in [2.75, 3.05) is 0 Å². The zero-order valence-corrected chi connectivity index (χ0v) is 10.2. The molecule has 0 fully saturated rings. The van der Waals surface area contributed by atoms with Crippen LogP contribution in [0.4, 0.5) is 0 Å². The number of nitrogens with zero attached hydrogens (tertiary/aromatic N) is 4.